The van der Waals surface area contributed by atoms with Crippen molar-refractivity contribution in [3.63, 3.8) is 0 Å². The molecule has 1 aromatic rings. The summed E-state index contributed by atoms with van der Waals surface area (Å²) in [6.45, 7) is 8.36. The molecule has 2 N–H and O–H groups in total. The van der Waals surface area contributed by atoms with Crippen molar-refractivity contribution >= 4 is 5.96 Å². The van der Waals surface area contributed by atoms with Crippen molar-refractivity contribution in [1.29, 1.82) is 0 Å². The number of fused-ring (bicyclic) bond motifs is 1. The van der Waals surface area contributed by atoms with Gasteiger partial charge in [-0.2, -0.15) is 0 Å². The van der Waals surface area contributed by atoms with E-state index in [1.54, 1.807) is 7.05 Å². The zero-order valence-electron chi connectivity index (χ0n) is 14.4. The number of rotatable bonds is 4. The molecule has 2 rings (SSSR count). The number of nitrogens with one attached hydrogen (secondary N) is 2. The van der Waals surface area contributed by atoms with E-state index in [0.717, 1.165) is 44.1 Å². The molecule has 22 heavy (non-hydrogen) atoms. The highest BCUT2D eigenvalue weighted by Crippen LogP contribution is 2.15. The predicted molar refractivity (Wildman–Crippen MR) is 90.1 cm³/mol. The zero-order chi connectivity index (χ0) is 16.0. The first-order chi connectivity index (χ1) is 10.5. The highest BCUT2D eigenvalue weighted by atomic mass is 15.3. The number of hydrogen-bond donors (Lipinski definition) is 2. The van der Waals surface area contributed by atoms with E-state index in [0.29, 0.717) is 0 Å². The average molecular weight is 306 g/mol. The van der Waals surface area contributed by atoms with E-state index in [4.69, 9.17) is 0 Å². The summed E-state index contributed by atoms with van der Waals surface area (Å²) in [6, 6.07) is 0. The third-order valence-electron chi connectivity index (χ3n) is 3.77. The first-order valence-electron chi connectivity index (χ1n) is 8.39. The van der Waals surface area contributed by atoms with Gasteiger partial charge in [-0.25, -0.2) is 0 Å². The Morgan fingerprint density at radius 3 is 2.77 bits per heavy atom. The Morgan fingerprint density at radius 1 is 1.23 bits per heavy atom. The van der Waals surface area contributed by atoms with Gasteiger partial charge in [0.25, 0.3) is 0 Å². The van der Waals surface area contributed by atoms with Crippen molar-refractivity contribution in [3.05, 3.63) is 11.6 Å². The van der Waals surface area contributed by atoms with Crippen LogP contribution in [-0.4, -0.2) is 39.9 Å². The zero-order valence-corrected chi connectivity index (χ0v) is 14.4. The predicted octanol–water partition coefficient (Wildman–Crippen LogP) is 1.90. The van der Waals surface area contributed by atoms with Gasteiger partial charge in [0, 0.05) is 38.5 Å². The second kappa shape index (κ2) is 7.61. The molecule has 6 heteroatoms. The molecule has 0 atom stereocenters. The molecule has 0 aromatic carbocycles. The van der Waals surface area contributed by atoms with E-state index >= 15 is 0 Å². The van der Waals surface area contributed by atoms with Gasteiger partial charge in [-0.05, 0) is 40.0 Å². The van der Waals surface area contributed by atoms with Gasteiger partial charge >= 0.3 is 0 Å². The minimum Gasteiger partial charge on any atom is -0.356 e. The van der Waals surface area contributed by atoms with Crippen molar-refractivity contribution in [2.24, 2.45) is 4.99 Å². The topological polar surface area (TPSA) is 67.1 Å². The van der Waals surface area contributed by atoms with Crippen LogP contribution in [0.3, 0.4) is 0 Å². The third kappa shape index (κ3) is 5.00. The monoisotopic (exact) mass is 306 g/mol. The molecule has 124 valence electrons. The van der Waals surface area contributed by atoms with Crippen LogP contribution in [0.2, 0.25) is 0 Å². The average Bonchev–Trinajstić information content (AvgIpc) is 2.68. The van der Waals surface area contributed by atoms with Crippen molar-refractivity contribution in [1.82, 2.24) is 25.4 Å². The number of nitrogens with zero attached hydrogens (tertiary/aromatic N) is 4. The molecule has 0 fully saturated rings. The Balaban J connectivity index is 1.78. The molecule has 0 amide bonds. The van der Waals surface area contributed by atoms with Gasteiger partial charge in [0.15, 0.2) is 5.96 Å². The smallest absolute Gasteiger partial charge is 0.191 e. The third-order valence-corrected chi connectivity index (χ3v) is 3.77. The van der Waals surface area contributed by atoms with Gasteiger partial charge in [-0.3, -0.25) is 4.99 Å². The molecule has 0 aliphatic carbocycles. The van der Waals surface area contributed by atoms with Gasteiger partial charge < -0.3 is 15.2 Å². The van der Waals surface area contributed by atoms with E-state index in [-0.39, 0.29) is 5.54 Å². The first kappa shape index (κ1) is 16.8. The minimum atomic E-state index is 0.0200. The summed E-state index contributed by atoms with van der Waals surface area (Å²) < 4.78 is 2.33. The summed E-state index contributed by atoms with van der Waals surface area (Å²) >= 11 is 0. The quantitative estimate of drug-likeness (QED) is 0.506. The Kier molecular flexibility index (Phi) is 5.80. The number of guanidine groups is 1. The van der Waals surface area contributed by atoms with Gasteiger partial charge in [0.05, 0.1) is 0 Å². The first-order valence-corrected chi connectivity index (χ1v) is 8.39. The lowest BCUT2D eigenvalue weighted by Crippen LogP contribution is -2.47. The molecule has 1 aromatic heterocycles. The number of aromatic nitrogens is 3. The maximum absolute atomic E-state index is 4.38. The summed E-state index contributed by atoms with van der Waals surface area (Å²) in [4.78, 5) is 4.25. The van der Waals surface area contributed by atoms with Crippen LogP contribution >= 0.6 is 0 Å². The standard InChI is InChI=1S/C16H30N6/c1-16(2,3)19-15(17-4)18-11-8-10-14-21-20-13-9-6-5-7-12-22(13)14/h5-12H2,1-4H3,(H2,17,18,19). The fraction of sp³-hybridized carbons (Fsp3) is 0.812. The van der Waals surface area contributed by atoms with Crippen molar-refractivity contribution in [2.75, 3.05) is 13.6 Å². The van der Waals surface area contributed by atoms with Crippen LogP contribution < -0.4 is 10.6 Å². The second-order valence-electron chi connectivity index (χ2n) is 6.97. The summed E-state index contributed by atoms with van der Waals surface area (Å²) in [6.07, 6.45) is 6.87. The molecule has 0 radical (unpaired) electrons. The SMILES string of the molecule is CN=C(NCCCc1nnc2n1CCCCC2)NC(C)(C)C. The van der Waals surface area contributed by atoms with Gasteiger partial charge in [-0.15, -0.1) is 10.2 Å². The summed E-state index contributed by atoms with van der Waals surface area (Å²) in [5.41, 5.74) is 0.0200. The fourth-order valence-electron chi connectivity index (χ4n) is 2.72. The molecule has 1 aliphatic heterocycles. The van der Waals surface area contributed by atoms with Crippen LogP contribution in [0, 0.1) is 0 Å². The highest BCUT2D eigenvalue weighted by Gasteiger charge is 2.14. The van der Waals surface area contributed by atoms with E-state index < -0.39 is 0 Å². The normalized spacial score (nSPS) is 16.1. The minimum absolute atomic E-state index is 0.0200. The molecule has 0 bridgehead atoms. The van der Waals surface area contributed by atoms with Crippen LogP contribution in [0.15, 0.2) is 4.99 Å². The van der Waals surface area contributed by atoms with E-state index in [2.05, 4.69) is 51.2 Å². The molecule has 0 saturated heterocycles. The van der Waals surface area contributed by atoms with E-state index in [1.165, 1.54) is 25.1 Å². The van der Waals surface area contributed by atoms with Crippen molar-refractivity contribution in [3.8, 4) is 0 Å². The van der Waals surface area contributed by atoms with E-state index in [9.17, 15) is 0 Å². The number of aryl methyl sites for hydroxylation is 2. The molecule has 0 spiro atoms. The van der Waals surface area contributed by atoms with Gasteiger partial charge in [0.2, 0.25) is 0 Å². The summed E-state index contributed by atoms with van der Waals surface area (Å²) in [5.74, 6) is 3.16. The van der Waals surface area contributed by atoms with E-state index in [1.807, 2.05) is 0 Å². The number of aliphatic imine (C=N–C) groups is 1. The Morgan fingerprint density at radius 2 is 2.05 bits per heavy atom. The second-order valence-corrected chi connectivity index (χ2v) is 6.97. The Bertz CT molecular complexity index is 497. The van der Waals surface area contributed by atoms with Crippen LogP contribution in [0.4, 0.5) is 0 Å². The van der Waals surface area contributed by atoms with Gasteiger partial charge in [0.1, 0.15) is 11.6 Å². The fourth-order valence-corrected chi connectivity index (χ4v) is 2.72. The van der Waals surface area contributed by atoms with Crippen LogP contribution in [0.1, 0.15) is 58.1 Å². The molecule has 0 saturated carbocycles. The lowest BCUT2D eigenvalue weighted by molar-refractivity contribution is 0.500. The Labute approximate surface area is 133 Å². The van der Waals surface area contributed by atoms with Crippen molar-refractivity contribution in [2.45, 2.75) is 71.4 Å². The number of hydrogen-bond acceptors (Lipinski definition) is 3. The van der Waals surface area contributed by atoms with Crippen LogP contribution in [0.25, 0.3) is 0 Å². The lowest BCUT2D eigenvalue weighted by atomic mass is 10.1. The largest absolute Gasteiger partial charge is 0.356 e. The van der Waals surface area contributed by atoms with Gasteiger partial charge in [-0.1, -0.05) is 6.42 Å². The molecule has 2 heterocycles. The summed E-state index contributed by atoms with van der Waals surface area (Å²) in [5, 5.41) is 15.5. The molecule has 0 unspecified atom stereocenters. The Hall–Kier alpha value is -1.59. The molecule has 6 nitrogen and oxygen atoms in total. The lowest BCUT2D eigenvalue weighted by Gasteiger charge is -2.23. The highest BCUT2D eigenvalue weighted by molar-refractivity contribution is 5.80. The van der Waals surface area contributed by atoms with Crippen molar-refractivity contribution < 1.29 is 0 Å². The molecular formula is C16H30N6. The molecule has 1 aliphatic rings. The van der Waals surface area contributed by atoms with Crippen LogP contribution in [0.5, 0.6) is 0 Å². The maximum atomic E-state index is 4.38. The van der Waals surface area contributed by atoms with Crippen LogP contribution in [-0.2, 0) is 19.4 Å². The molecular weight excluding hydrogens is 276 g/mol. The maximum Gasteiger partial charge on any atom is 0.191 e. The summed E-state index contributed by atoms with van der Waals surface area (Å²) in [7, 11) is 1.81.